The molecule has 1 N–H and O–H groups in total. The molecular weight excluding hydrogens is 164 g/mol. The zero-order valence-electron chi connectivity index (χ0n) is 7.83. The van der Waals surface area contributed by atoms with Gasteiger partial charge in [-0.3, -0.25) is 0 Å². The van der Waals surface area contributed by atoms with Crippen molar-refractivity contribution in [2.75, 3.05) is 6.61 Å². The Morgan fingerprint density at radius 1 is 1.38 bits per heavy atom. The van der Waals surface area contributed by atoms with E-state index in [9.17, 15) is 5.11 Å². The summed E-state index contributed by atoms with van der Waals surface area (Å²) in [6, 6.07) is 2.00. The molecule has 1 aromatic rings. The van der Waals surface area contributed by atoms with E-state index in [0.29, 0.717) is 6.61 Å². The van der Waals surface area contributed by atoms with Crippen molar-refractivity contribution >= 4 is 0 Å². The highest BCUT2D eigenvalue weighted by Gasteiger charge is 2.33. The molecule has 0 atom stereocenters. The van der Waals surface area contributed by atoms with Crippen molar-refractivity contribution in [1.82, 2.24) is 0 Å². The van der Waals surface area contributed by atoms with Gasteiger partial charge in [0.1, 0.15) is 0 Å². The maximum Gasteiger partial charge on any atom is 0.0934 e. The second-order valence-electron chi connectivity index (χ2n) is 4.17. The molecule has 0 aliphatic heterocycles. The third-order valence-corrected chi connectivity index (χ3v) is 3.16. The number of hydrogen-bond donors (Lipinski definition) is 1. The Kier molecular flexibility index (Phi) is 2.40. The summed E-state index contributed by atoms with van der Waals surface area (Å²) in [6.45, 7) is 0.318. The minimum atomic E-state index is 0.157. The van der Waals surface area contributed by atoms with Gasteiger partial charge in [0.25, 0.3) is 0 Å². The second-order valence-corrected chi connectivity index (χ2v) is 4.17. The topological polar surface area (TPSA) is 33.4 Å². The number of rotatable bonds is 3. The average Bonchev–Trinajstić information content (AvgIpc) is 2.77. The summed E-state index contributed by atoms with van der Waals surface area (Å²) in [5.41, 5.74) is 1.38. The summed E-state index contributed by atoms with van der Waals surface area (Å²) in [5.74, 6) is 0. The van der Waals surface area contributed by atoms with E-state index in [1.807, 2.05) is 6.07 Å². The minimum Gasteiger partial charge on any atom is -0.472 e. The Bertz CT molecular complexity index is 245. The molecule has 1 aromatic heterocycles. The Morgan fingerprint density at radius 3 is 2.69 bits per heavy atom. The van der Waals surface area contributed by atoms with Crippen molar-refractivity contribution < 1.29 is 9.52 Å². The quantitative estimate of drug-likeness (QED) is 0.774. The lowest BCUT2D eigenvalue weighted by molar-refractivity contribution is 0.130. The Morgan fingerprint density at radius 2 is 2.15 bits per heavy atom. The highest BCUT2D eigenvalue weighted by atomic mass is 16.3. The van der Waals surface area contributed by atoms with Crippen LogP contribution < -0.4 is 0 Å². The molecule has 13 heavy (non-hydrogen) atoms. The molecule has 2 rings (SSSR count). The summed E-state index contributed by atoms with van der Waals surface area (Å²) in [6.07, 6.45) is 9.31. The fourth-order valence-corrected chi connectivity index (χ4v) is 2.34. The summed E-state index contributed by atoms with van der Waals surface area (Å²) in [5, 5.41) is 9.38. The van der Waals surface area contributed by atoms with Crippen molar-refractivity contribution in [3.05, 3.63) is 24.2 Å². The van der Waals surface area contributed by atoms with Crippen molar-refractivity contribution in [3.63, 3.8) is 0 Å². The summed E-state index contributed by atoms with van der Waals surface area (Å²) in [4.78, 5) is 0. The fraction of sp³-hybridized carbons (Fsp3) is 0.636. The fourth-order valence-electron chi connectivity index (χ4n) is 2.34. The predicted octanol–water partition coefficient (Wildman–Crippen LogP) is 2.37. The van der Waals surface area contributed by atoms with Crippen LogP contribution in [0.15, 0.2) is 23.0 Å². The van der Waals surface area contributed by atoms with E-state index in [2.05, 4.69) is 0 Å². The number of hydrogen-bond acceptors (Lipinski definition) is 2. The van der Waals surface area contributed by atoms with Crippen molar-refractivity contribution in [1.29, 1.82) is 0 Å². The molecule has 0 radical (unpaired) electrons. The first-order valence-electron chi connectivity index (χ1n) is 4.97. The van der Waals surface area contributed by atoms with Crippen molar-refractivity contribution in [3.8, 4) is 0 Å². The number of furan rings is 1. The molecule has 0 unspecified atom stereocenters. The van der Waals surface area contributed by atoms with E-state index in [-0.39, 0.29) is 5.41 Å². The van der Waals surface area contributed by atoms with Crippen LogP contribution in [0.5, 0.6) is 0 Å². The normalized spacial score (nSPS) is 20.7. The van der Waals surface area contributed by atoms with E-state index < -0.39 is 0 Å². The number of aliphatic hydroxyl groups excluding tert-OH is 1. The molecule has 1 heterocycles. The first-order chi connectivity index (χ1) is 6.35. The van der Waals surface area contributed by atoms with Gasteiger partial charge >= 0.3 is 0 Å². The van der Waals surface area contributed by atoms with Crippen LogP contribution in [0.4, 0.5) is 0 Å². The van der Waals surface area contributed by atoms with Gasteiger partial charge in [0.05, 0.1) is 12.5 Å². The summed E-state index contributed by atoms with van der Waals surface area (Å²) in [7, 11) is 0. The molecular formula is C11H16O2. The lowest BCUT2D eigenvalue weighted by Gasteiger charge is -2.25. The van der Waals surface area contributed by atoms with Gasteiger partial charge in [-0.1, -0.05) is 12.8 Å². The molecule has 72 valence electrons. The van der Waals surface area contributed by atoms with Crippen LogP contribution in [0.3, 0.4) is 0 Å². The van der Waals surface area contributed by atoms with E-state index in [1.165, 1.54) is 18.4 Å². The largest absolute Gasteiger partial charge is 0.472 e. The van der Waals surface area contributed by atoms with Crippen molar-refractivity contribution in [2.24, 2.45) is 5.41 Å². The second kappa shape index (κ2) is 3.54. The predicted molar refractivity (Wildman–Crippen MR) is 50.4 cm³/mol. The Labute approximate surface area is 78.6 Å². The molecule has 1 aliphatic rings. The molecule has 0 bridgehead atoms. The van der Waals surface area contributed by atoms with Crippen LogP contribution in [0, 0.1) is 5.41 Å². The Hall–Kier alpha value is -0.760. The van der Waals surface area contributed by atoms with E-state index in [0.717, 1.165) is 19.3 Å². The zero-order valence-corrected chi connectivity index (χ0v) is 7.83. The van der Waals surface area contributed by atoms with E-state index in [1.54, 1.807) is 12.5 Å². The monoisotopic (exact) mass is 180 g/mol. The molecule has 1 saturated carbocycles. The Balaban J connectivity index is 2.06. The summed E-state index contributed by atoms with van der Waals surface area (Å²) >= 11 is 0. The van der Waals surface area contributed by atoms with E-state index in [4.69, 9.17) is 4.42 Å². The van der Waals surface area contributed by atoms with Gasteiger partial charge in [-0.15, -0.1) is 0 Å². The minimum absolute atomic E-state index is 0.157. The third kappa shape index (κ3) is 1.78. The van der Waals surface area contributed by atoms with Crippen LogP contribution in [0.1, 0.15) is 31.2 Å². The first-order valence-corrected chi connectivity index (χ1v) is 4.97. The van der Waals surface area contributed by atoms with Gasteiger partial charge in [-0.05, 0) is 36.3 Å². The third-order valence-electron chi connectivity index (χ3n) is 3.16. The van der Waals surface area contributed by atoms with Crippen LogP contribution in [0.25, 0.3) is 0 Å². The highest BCUT2D eigenvalue weighted by Crippen LogP contribution is 2.40. The molecule has 0 spiro atoms. The van der Waals surface area contributed by atoms with Gasteiger partial charge < -0.3 is 9.52 Å². The van der Waals surface area contributed by atoms with Crippen LogP contribution in [0.2, 0.25) is 0 Å². The first kappa shape index (κ1) is 8.82. The smallest absolute Gasteiger partial charge is 0.0934 e. The van der Waals surface area contributed by atoms with Gasteiger partial charge in [0, 0.05) is 6.61 Å². The molecule has 1 fully saturated rings. The molecule has 2 nitrogen and oxygen atoms in total. The molecule has 0 aromatic carbocycles. The van der Waals surface area contributed by atoms with Crippen molar-refractivity contribution in [2.45, 2.75) is 32.1 Å². The standard InChI is InChI=1S/C11H16O2/c12-9-11(4-1-2-5-11)7-10-3-6-13-8-10/h3,6,8,12H,1-2,4-5,7,9H2. The summed E-state index contributed by atoms with van der Waals surface area (Å²) < 4.78 is 5.03. The molecule has 2 heteroatoms. The maximum atomic E-state index is 9.38. The van der Waals surface area contributed by atoms with E-state index >= 15 is 0 Å². The van der Waals surface area contributed by atoms with Gasteiger partial charge in [0.15, 0.2) is 0 Å². The molecule has 1 aliphatic carbocycles. The maximum absolute atomic E-state index is 9.38. The van der Waals surface area contributed by atoms with Crippen LogP contribution in [-0.2, 0) is 6.42 Å². The zero-order chi connectivity index (χ0) is 9.15. The lowest BCUT2D eigenvalue weighted by Crippen LogP contribution is -2.23. The van der Waals surface area contributed by atoms with Gasteiger partial charge in [0.2, 0.25) is 0 Å². The highest BCUT2D eigenvalue weighted by molar-refractivity contribution is 5.09. The van der Waals surface area contributed by atoms with Crippen LogP contribution >= 0.6 is 0 Å². The van der Waals surface area contributed by atoms with Crippen LogP contribution in [-0.4, -0.2) is 11.7 Å². The van der Waals surface area contributed by atoms with Gasteiger partial charge in [-0.2, -0.15) is 0 Å². The average molecular weight is 180 g/mol. The molecule has 0 amide bonds. The lowest BCUT2D eigenvalue weighted by atomic mass is 9.81. The number of aliphatic hydroxyl groups is 1. The van der Waals surface area contributed by atoms with Gasteiger partial charge in [-0.25, -0.2) is 0 Å². The SMILES string of the molecule is OCC1(Cc2ccoc2)CCCC1. The molecule has 0 saturated heterocycles.